The van der Waals surface area contributed by atoms with Gasteiger partial charge in [0.1, 0.15) is 5.82 Å². The summed E-state index contributed by atoms with van der Waals surface area (Å²) in [6.07, 6.45) is 3.49. The summed E-state index contributed by atoms with van der Waals surface area (Å²) in [5.74, 6) is -0.00656. The quantitative estimate of drug-likeness (QED) is 0.623. The maximum absolute atomic E-state index is 13.2. The second kappa shape index (κ2) is 10.7. The molecule has 2 saturated heterocycles. The van der Waals surface area contributed by atoms with Crippen LogP contribution in [0, 0.1) is 17.2 Å². The lowest BCUT2D eigenvalue weighted by molar-refractivity contribution is -0.128. The maximum Gasteiger partial charge on any atom is 0.223 e. The Morgan fingerprint density at radius 2 is 1.74 bits per heavy atom. The molecule has 0 radical (unpaired) electrons. The molecule has 2 aliphatic heterocycles. The van der Waals surface area contributed by atoms with Gasteiger partial charge in [0.15, 0.2) is 0 Å². The molecule has 5 nitrogen and oxygen atoms in total. The standard InChI is InChI=1S/C28H36FN3O2/c1-21(2)27(34)30-25(23-6-4-3-5-7-23)12-15-31-16-13-28(14-17-31)18-26(33)32(20-28)19-22-8-10-24(29)11-9-22/h3-11,21,25H,12-20H2,1-2H3,(H,30,34). The second-order valence-corrected chi connectivity index (χ2v) is 10.3. The van der Waals surface area contributed by atoms with Crippen molar-refractivity contribution in [1.29, 1.82) is 0 Å². The largest absolute Gasteiger partial charge is 0.349 e. The van der Waals surface area contributed by atoms with E-state index >= 15 is 0 Å². The van der Waals surface area contributed by atoms with E-state index in [-0.39, 0.29) is 35.0 Å². The molecule has 2 aromatic carbocycles. The van der Waals surface area contributed by atoms with Crippen LogP contribution in [0.3, 0.4) is 0 Å². The number of nitrogens with one attached hydrogen (secondary N) is 1. The van der Waals surface area contributed by atoms with Gasteiger partial charge in [-0.1, -0.05) is 56.3 Å². The third-order valence-corrected chi connectivity index (χ3v) is 7.39. The van der Waals surface area contributed by atoms with Gasteiger partial charge in [-0.15, -0.1) is 0 Å². The van der Waals surface area contributed by atoms with Crippen LogP contribution in [0.15, 0.2) is 54.6 Å². The van der Waals surface area contributed by atoms with Crippen LogP contribution in [-0.2, 0) is 16.1 Å². The fraction of sp³-hybridized carbons (Fsp3) is 0.500. The summed E-state index contributed by atoms with van der Waals surface area (Å²) in [5.41, 5.74) is 2.17. The summed E-state index contributed by atoms with van der Waals surface area (Å²) < 4.78 is 13.2. The van der Waals surface area contributed by atoms with Crippen molar-refractivity contribution < 1.29 is 14.0 Å². The molecule has 182 valence electrons. The number of rotatable bonds is 8. The fourth-order valence-electron chi connectivity index (χ4n) is 5.18. The van der Waals surface area contributed by atoms with Crippen molar-refractivity contribution in [3.8, 4) is 0 Å². The van der Waals surface area contributed by atoms with Gasteiger partial charge in [0.25, 0.3) is 0 Å². The highest BCUT2D eigenvalue weighted by Crippen LogP contribution is 2.41. The molecule has 0 saturated carbocycles. The summed E-state index contributed by atoms with van der Waals surface area (Å²) in [7, 11) is 0. The Morgan fingerprint density at radius 3 is 2.38 bits per heavy atom. The summed E-state index contributed by atoms with van der Waals surface area (Å²) in [6.45, 7) is 8.04. The number of hydrogen-bond acceptors (Lipinski definition) is 3. The zero-order chi connectivity index (χ0) is 24.1. The predicted octanol–water partition coefficient (Wildman–Crippen LogP) is 4.54. The minimum Gasteiger partial charge on any atom is -0.349 e. The van der Waals surface area contributed by atoms with Crippen LogP contribution in [0.5, 0.6) is 0 Å². The summed E-state index contributed by atoms with van der Waals surface area (Å²) in [5, 5.41) is 3.22. The highest BCUT2D eigenvalue weighted by Gasteiger charge is 2.44. The number of amides is 2. The number of piperidine rings is 1. The average molecular weight is 466 g/mol. The van der Waals surface area contributed by atoms with Gasteiger partial charge in [0, 0.05) is 32.0 Å². The van der Waals surface area contributed by atoms with Crippen LogP contribution < -0.4 is 5.32 Å². The lowest BCUT2D eigenvalue weighted by Gasteiger charge is -2.39. The molecule has 2 amide bonds. The molecular formula is C28H36FN3O2. The van der Waals surface area contributed by atoms with Crippen molar-refractivity contribution in [2.45, 2.75) is 52.1 Å². The summed E-state index contributed by atoms with van der Waals surface area (Å²) in [6, 6.07) is 16.6. The molecule has 6 heteroatoms. The van der Waals surface area contributed by atoms with E-state index in [0.29, 0.717) is 13.0 Å². The van der Waals surface area contributed by atoms with Crippen molar-refractivity contribution in [2.75, 3.05) is 26.2 Å². The smallest absolute Gasteiger partial charge is 0.223 e. The highest BCUT2D eigenvalue weighted by molar-refractivity contribution is 5.79. The Balaban J connectivity index is 1.30. The molecule has 1 N–H and O–H groups in total. The lowest BCUT2D eigenvalue weighted by Crippen LogP contribution is -2.43. The zero-order valence-corrected chi connectivity index (χ0v) is 20.3. The van der Waals surface area contributed by atoms with E-state index in [1.165, 1.54) is 12.1 Å². The molecule has 1 unspecified atom stereocenters. The van der Waals surface area contributed by atoms with Crippen LogP contribution >= 0.6 is 0 Å². The fourth-order valence-corrected chi connectivity index (χ4v) is 5.18. The summed E-state index contributed by atoms with van der Waals surface area (Å²) in [4.78, 5) is 29.5. The first-order valence-electron chi connectivity index (χ1n) is 12.4. The minimum atomic E-state index is -0.251. The molecule has 2 aromatic rings. The number of nitrogens with zero attached hydrogens (tertiary/aromatic N) is 2. The van der Waals surface area contributed by atoms with Crippen molar-refractivity contribution in [2.24, 2.45) is 11.3 Å². The van der Waals surface area contributed by atoms with Gasteiger partial charge in [-0.05, 0) is 61.0 Å². The van der Waals surface area contributed by atoms with Crippen LogP contribution in [0.1, 0.15) is 56.7 Å². The zero-order valence-electron chi connectivity index (χ0n) is 20.3. The first kappa shape index (κ1) is 24.4. The summed E-state index contributed by atoms with van der Waals surface area (Å²) >= 11 is 0. The van der Waals surface area contributed by atoms with Crippen LogP contribution in [0.25, 0.3) is 0 Å². The third kappa shape index (κ3) is 6.03. The Kier molecular flexibility index (Phi) is 7.67. The first-order chi connectivity index (χ1) is 16.3. The van der Waals surface area contributed by atoms with Gasteiger partial charge in [-0.25, -0.2) is 4.39 Å². The maximum atomic E-state index is 13.2. The van der Waals surface area contributed by atoms with E-state index in [9.17, 15) is 14.0 Å². The number of carbonyl (C=O) groups is 2. The van der Waals surface area contributed by atoms with Gasteiger partial charge < -0.3 is 15.1 Å². The molecule has 0 aliphatic carbocycles. The molecular weight excluding hydrogens is 429 g/mol. The van der Waals surface area contributed by atoms with Crippen molar-refractivity contribution >= 4 is 11.8 Å². The normalized spacial score (nSPS) is 19.1. The van der Waals surface area contributed by atoms with Crippen molar-refractivity contribution in [3.05, 3.63) is 71.5 Å². The van der Waals surface area contributed by atoms with Crippen LogP contribution in [-0.4, -0.2) is 47.8 Å². The Morgan fingerprint density at radius 1 is 1.06 bits per heavy atom. The van der Waals surface area contributed by atoms with Gasteiger partial charge in [0.2, 0.25) is 11.8 Å². The Bertz CT molecular complexity index is 969. The van der Waals surface area contributed by atoms with Gasteiger partial charge in [-0.2, -0.15) is 0 Å². The van der Waals surface area contributed by atoms with Gasteiger partial charge in [-0.3, -0.25) is 9.59 Å². The number of carbonyl (C=O) groups excluding carboxylic acids is 2. The number of benzene rings is 2. The predicted molar refractivity (Wildman–Crippen MR) is 131 cm³/mol. The van der Waals surface area contributed by atoms with Gasteiger partial charge in [0.05, 0.1) is 6.04 Å². The molecule has 1 spiro atoms. The van der Waals surface area contributed by atoms with Crippen LogP contribution in [0.4, 0.5) is 4.39 Å². The molecule has 2 aliphatic rings. The van der Waals surface area contributed by atoms with Crippen molar-refractivity contribution in [3.63, 3.8) is 0 Å². The van der Waals surface area contributed by atoms with E-state index in [2.05, 4.69) is 22.3 Å². The molecule has 0 bridgehead atoms. The van der Waals surface area contributed by atoms with E-state index in [1.807, 2.05) is 36.9 Å². The highest BCUT2D eigenvalue weighted by atomic mass is 19.1. The molecule has 34 heavy (non-hydrogen) atoms. The minimum absolute atomic E-state index is 0.00578. The Labute approximate surface area is 202 Å². The van der Waals surface area contributed by atoms with Crippen LogP contribution in [0.2, 0.25) is 0 Å². The Hall–Kier alpha value is -2.73. The molecule has 0 aromatic heterocycles. The number of hydrogen-bond donors (Lipinski definition) is 1. The monoisotopic (exact) mass is 465 g/mol. The third-order valence-electron chi connectivity index (χ3n) is 7.39. The SMILES string of the molecule is CC(C)C(=O)NC(CCN1CCC2(CC1)CC(=O)N(Cc1ccc(F)cc1)C2)c1ccccc1. The first-order valence-corrected chi connectivity index (χ1v) is 12.4. The van der Waals surface area contributed by atoms with Gasteiger partial charge >= 0.3 is 0 Å². The average Bonchev–Trinajstić information content (AvgIpc) is 3.13. The van der Waals surface area contributed by atoms with E-state index in [1.54, 1.807) is 12.1 Å². The van der Waals surface area contributed by atoms with E-state index < -0.39 is 0 Å². The number of halogens is 1. The molecule has 1 atom stereocenters. The van der Waals surface area contributed by atoms with E-state index in [0.717, 1.165) is 56.6 Å². The second-order valence-electron chi connectivity index (χ2n) is 10.3. The lowest BCUT2D eigenvalue weighted by atomic mass is 9.77. The number of likely N-dealkylation sites (tertiary alicyclic amines) is 2. The molecule has 2 fully saturated rings. The molecule has 2 heterocycles. The van der Waals surface area contributed by atoms with E-state index in [4.69, 9.17) is 0 Å². The molecule has 4 rings (SSSR count). The topological polar surface area (TPSA) is 52.7 Å². The van der Waals surface area contributed by atoms with Crippen molar-refractivity contribution in [1.82, 2.24) is 15.1 Å².